The van der Waals surface area contributed by atoms with Crippen LogP contribution in [-0.2, 0) is 16.2 Å². The third kappa shape index (κ3) is 5.50. The van der Waals surface area contributed by atoms with Gasteiger partial charge in [0.25, 0.3) is 0 Å². The summed E-state index contributed by atoms with van der Waals surface area (Å²) in [6, 6.07) is 8.13. The van der Waals surface area contributed by atoms with Crippen LogP contribution in [0.25, 0.3) is 0 Å². The summed E-state index contributed by atoms with van der Waals surface area (Å²) in [5.41, 5.74) is -0.846. The maximum Gasteiger partial charge on any atom is 0.416 e. The average Bonchev–Trinajstić information content (AvgIpc) is 2.53. The van der Waals surface area contributed by atoms with E-state index < -0.39 is 21.8 Å². The summed E-state index contributed by atoms with van der Waals surface area (Å²) in [7, 11) is -3.84. The molecule has 0 atom stereocenters. The standard InChI is InChI=1S/C15H12Cl2F3NO3S/c16-13-5-4-12(9-14(13)17)25(22,23)21-6-7-24-11-3-1-2-10(8-11)15(18,19)20/h1-5,8-9,21H,6-7H2. The summed E-state index contributed by atoms with van der Waals surface area (Å²) in [5.74, 6) is -0.0106. The molecule has 0 saturated heterocycles. The Hall–Kier alpha value is -1.48. The van der Waals surface area contributed by atoms with E-state index in [4.69, 9.17) is 27.9 Å². The minimum Gasteiger partial charge on any atom is -0.492 e. The molecule has 0 aliphatic carbocycles. The maximum atomic E-state index is 12.6. The van der Waals surface area contributed by atoms with Crippen LogP contribution in [0.2, 0.25) is 10.0 Å². The van der Waals surface area contributed by atoms with Gasteiger partial charge in [0.2, 0.25) is 10.0 Å². The number of hydrogen-bond acceptors (Lipinski definition) is 3. The van der Waals surface area contributed by atoms with Gasteiger partial charge in [0, 0.05) is 6.54 Å². The van der Waals surface area contributed by atoms with Crippen LogP contribution in [0, 0.1) is 0 Å². The van der Waals surface area contributed by atoms with Crippen LogP contribution < -0.4 is 9.46 Å². The molecule has 0 amide bonds. The first-order valence-corrected chi connectivity index (χ1v) is 9.08. The summed E-state index contributed by atoms with van der Waals surface area (Å²) in [4.78, 5) is -0.0824. The Balaban J connectivity index is 1.93. The number of nitrogens with one attached hydrogen (secondary N) is 1. The number of hydrogen-bond donors (Lipinski definition) is 1. The molecule has 25 heavy (non-hydrogen) atoms. The first kappa shape index (κ1) is 19.8. The van der Waals surface area contributed by atoms with Crippen LogP contribution in [-0.4, -0.2) is 21.6 Å². The fraction of sp³-hybridized carbons (Fsp3) is 0.200. The van der Waals surface area contributed by atoms with Crippen molar-refractivity contribution >= 4 is 33.2 Å². The molecule has 10 heteroatoms. The zero-order chi connectivity index (χ0) is 18.7. The van der Waals surface area contributed by atoms with Crippen molar-refractivity contribution in [1.29, 1.82) is 0 Å². The summed E-state index contributed by atoms with van der Waals surface area (Å²) in [6.45, 7) is -0.291. The molecule has 0 radical (unpaired) electrons. The van der Waals surface area contributed by atoms with Crippen LogP contribution in [0.5, 0.6) is 5.75 Å². The van der Waals surface area contributed by atoms with Crippen LogP contribution in [0.3, 0.4) is 0 Å². The molecule has 2 aromatic rings. The van der Waals surface area contributed by atoms with Crippen LogP contribution in [0.4, 0.5) is 13.2 Å². The first-order valence-electron chi connectivity index (χ1n) is 6.84. The third-order valence-electron chi connectivity index (χ3n) is 3.03. The van der Waals surface area contributed by atoms with Gasteiger partial charge in [-0.05, 0) is 36.4 Å². The molecule has 136 valence electrons. The van der Waals surface area contributed by atoms with E-state index in [0.717, 1.165) is 12.1 Å². The maximum absolute atomic E-state index is 12.6. The smallest absolute Gasteiger partial charge is 0.416 e. The zero-order valence-electron chi connectivity index (χ0n) is 12.5. The van der Waals surface area contributed by atoms with E-state index in [1.165, 1.54) is 30.3 Å². The molecule has 0 bridgehead atoms. The fourth-order valence-corrected chi connectivity index (χ4v) is 3.24. The molecule has 4 nitrogen and oxygen atoms in total. The topological polar surface area (TPSA) is 55.4 Å². The monoisotopic (exact) mass is 413 g/mol. The highest BCUT2D eigenvalue weighted by molar-refractivity contribution is 7.89. The van der Waals surface area contributed by atoms with E-state index in [2.05, 4.69) is 4.72 Å². The zero-order valence-corrected chi connectivity index (χ0v) is 14.8. The summed E-state index contributed by atoms with van der Waals surface area (Å²) < 4.78 is 69.3. The van der Waals surface area contributed by atoms with Crippen molar-refractivity contribution in [1.82, 2.24) is 4.72 Å². The van der Waals surface area contributed by atoms with Crippen LogP contribution in [0.1, 0.15) is 5.56 Å². The van der Waals surface area contributed by atoms with Gasteiger partial charge in [-0.15, -0.1) is 0 Å². The van der Waals surface area contributed by atoms with Gasteiger partial charge in [0.15, 0.2) is 0 Å². The molecule has 1 N–H and O–H groups in total. The lowest BCUT2D eigenvalue weighted by atomic mass is 10.2. The van der Waals surface area contributed by atoms with E-state index in [1.54, 1.807) is 0 Å². The molecule has 0 heterocycles. The Kier molecular flexibility index (Phi) is 6.21. The van der Waals surface area contributed by atoms with Gasteiger partial charge in [-0.2, -0.15) is 13.2 Å². The highest BCUT2D eigenvalue weighted by Crippen LogP contribution is 2.31. The molecule has 0 aliphatic rings. The predicted molar refractivity (Wildman–Crippen MR) is 88.6 cm³/mol. The number of ether oxygens (including phenoxy) is 1. The lowest BCUT2D eigenvalue weighted by Crippen LogP contribution is -2.28. The normalized spacial score (nSPS) is 12.2. The predicted octanol–water partition coefficient (Wildman–Crippen LogP) is 4.37. The molecule has 0 aliphatic heterocycles. The number of rotatable bonds is 6. The molecule has 0 aromatic heterocycles. The molecular weight excluding hydrogens is 402 g/mol. The Morgan fingerprint density at radius 3 is 2.40 bits per heavy atom. The van der Waals surface area contributed by atoms with Crippen molar-refractivity contribution in [3.8, 4) is 5.75 Å². The van der Waals surface area contributed by atoms with Gasteiger partial charge in [-0.3, -0.25) is 0 Å². The lowest BCUT2D eigenvalue weighted by Gasteiger charge is -2.11. The third-order valence-corrected chi connectivity index (χ3v) is 5.22. The minimum atomic E-state index is -4.48. The van der Waals surface area contributed by atoms with E-state index >= 15 is 0 Å². The van der Waals surface area contributed by atoms with Gasteiger partial charge < -0.3 is 4.74 Å². The van der Waals surface area contributed by atoms with E-state index in [0.29, 0.717) is 0 Å². The average molecular weight is 414 g/mol. The number of halogens is 5. The summed E-state index contributed by atoms with van der Waals surface area (Å²) in [6.07, 6.45) is -4.48. The molecule has 0 fully saturated rings. The highest BCUT2D eigenvalue weighted by atomic mass is 35.5. The molecule has 2 aromatic carbocycles. The number of benzene rings is 2. The van der Waals surface area contributed by atoms with E-state index in [1.807, 2.05) is 0 Å². The van der Waals surface area contributed by atoms with Crippen LogP contribution in [0.15, 0.2) is 47.4 Å². The van der Waals surface area contributed by atoms with Crippen molar-refractivity contribution < 1.29 is 26.3 Å². The van der Waals surface area contributed by atoms with E-state index in [9.17, 15) is 21.6 Å². The molecule has 0 unspecified atom stereocenters. The highest BCUT2D eigenvalue weighted by Gasteiger charge is 2.30. The molecule has 0 spiro atoms. The van der Waals surface area contributed by atoms with Crippen molar-refractivity contribution in [2.24, 2.45) is 0 Å². The van der Waals surface area contributed by atoms with Gasteiger partial charge in [0.1, 0.15) is 12.4 Å². The van der Waals surface area contributed by atoms with Crippen molar-refractivity contribution in [3.63, 3.8) is 0 Å². The Morgan fingerprint density at radius 1 is 1.04 bits per heavy atom. The second kappa shape index (κ2) is 7.82. The second-order valence-corrected chi connectivity index (χ2v) is 7.43. The molecule has 0 saturated carbocycles. The number of alkyl halides is 3. The first-order chi connectivity index (χ1) is 11.6. The van der Waals surface area contributed by atoms with Crippen LogP contribution >= 0.6 is 23.2 Å². The largest absolute Gasteiger partial charge is 0.492 e. The SMILES string of the molecule is O=S(=O)(NCCOc1cccc(C(F)(F)F)c1)c1ccc(Cl)c(Cl)c1. The van der Waals surface area contributed by atoms with E-state index in [-0.39, 0.29) is 33.8 Å². The van der Waals surface area contributed by atoms with Gasteiger partial charge >= 0.3 is 6.18 Å². The Morgan fingerprint density at radius 2 is 1.76 bits per heavy atom. The second-order valence-electron chi connectivity index (χ2n) is 4.85. The molecule has 2 rings (SSSR count). The minimum absolute atomic E-state index is 0.0106. The van der Waals surface area contributed by atoms with Gasteiger partial charge in [0.05, 0.1) is 20.5 Å². The molecular formula is C15H12Cl2F3NO3S. The quantitative estimate of drug-likeness (QED) is 0.715. The fourth-order valence-electron chi connectivity index (χ4n) is 1.83. The van der Waals surface area contributed by atoms with Crippen molar-refractivity contribution in [3.05, 3.63) is 58.1 Å². The summed E-state index contributed by atoms with van der Waals surface area (Å²) >= 11 is 11.5. The lowest BCUT2D eigenvalue weighted by molar-refractivity contribution is -0.137. The van der Waals surface area contributed by atoms with Crippen molar-refractivity contribution in [2.75, 3.05) is 13.2 Å². The number of sulfonamides is 1. The van der Waals surface area contributed by atoms with Gasteiger partial charge in [-0.25, -0.2) is 13.1 Å². The van der Waals surface area contributed by atoms with Crippen molar-refractivity contribution in [2.45, 2.75) is 11.1 Å². The van der Waals surface area contributed by atoms with Gasteiger partial charge in [-0.1, -0.05) is 29.3 Å². The Bertz CT molecular complexity index is 857. The summed E-state index contributed by atoms with van der Waals surface area (Å²) in [5, 5.41) is 0.304. The Labute approximate surface area is 152 Å².